The van der Waals surface area contributed by atoms with Gasteiger partial charge in [0.2, 0.25) is 0 Å². The van der Waals surface area contributed by atoms with Crippen LogP contribution >= 0.6 is 0 Å². The van der Waals surface area contributed by atoms with Crippen molar-refractivity contribution in [1.82, 2.24) is 24.8 Å². The van der Waals surface area contributed by atoms with Gasteiger partial charge < -0.3 is 35.4 Å². The Morgan fingerprint density at radius 2 is 1.88 bits per heavy atom. The molecule has 6 rings (SSSR count). The molecule has 0 spiro atoms. The first kappa shape index (κ1) is 26.4. The SMILES string of the molecule is COc1cccc(C(=O)N[C@@H]2[C@H](O)[C@@H](CO)O[C@H]2n2cnc3c(NCc4cccc5ccccc45)ncnc32)c1O. The van der Waals surface area contributed by atoms with Gasteiger partial charge in [0.25, 0.3) is 5.91 Å². The molecular formula is C29H28N6O6. The molecule has 5 aromatic rings. The van der Waals surface area contributed by atoms with E-state index in [0.717, 1.165) is 16.3 Å². The first-order chi connectivity index (χ1) is 20.0. The minimum absolute atomic E-state index is 0.0412. The van der Waals surface area contributed by atoms with Gasteiger partial charge in [-0.15, -0.1) is 0 Å². The van der Waals surface area contributed by atoms with Gasteiger partial charge in [0, 0.05) is 6.54 Å². The number of hydrogen-bond acceptors (Lipinski definition) is 10. The first-order valence-corrected chi connectivity index (χ1v) is 13.0. The summed E-state index contributed by atoms with van der Waals surface area (Å²) in [5.41, 5.74) is 1.92. The lowest BCUT2D eigenvalue weighted by atomic mass is 10.0. The highest BCUT2D eigenvalue weighted by Gasteiger charge is 2.46. The summed E-state index contributed by atoms with van der Waals surface area (Å²) in [5.74, 6) is -0.361. The number of phenols is 1. The van der Waals surface area contributed by atoms with Crippen molar-refractivity contribution in [2.24, 2.45) is 0 Å². The van der Waals surface area contributed by atoms with Crippen molar-refractivity contribution in [3.05, 3.63) is 84.4 Å². The molecule has 0 saturated carbocycles. The number of benzene rings is 3. The molecule has 3 aromatic carbocycles. The van der Waals surface area contributed by atoms with Crippen molar-refractivity contribution in [3.8, 4) is 11.5 Å². The lowest BCUT2D eigenvalue weighted by Gasteiger charge is -2.23. The number of aliphatic hydroxyl groups excluding tert-OH is 2. The monoisotopic (exact) mass is 556 g/mol. The molecule has 0 bridgehead atoms. The second-order valence-corrected chi connectivity index (χ2v) is 9.63. The van der Waals surface area contributed by atoms with Gasteiger partial charge in [-0.2, -0.15) is 0 Å². The summed E-state index contributed by atoms with van der Waals surface area (Å²) in [7, 11) is 1.38. The lowest BCUT2D eigenvalue weighted by Crippen LogP contribution is -2.46. The van der Waals surface area contributed by atoms with Crippen molar-refractivity contribution in [2.75, 3.05) is 19.0 Å². The lowest BCUT2D eigenvalue weighted by molar-refractivity contribution is -0.0440. The molecule has 2 aromatic heterocycles. The number of hydrogen-bond donors (Lipinski definition) is 5. The number of nitrogens with one attached hydrogen (secondary N) is 2. The van der Waals surface area contributed by atoms with Gasteiger partial charge >= 0.3 is 0 Å². The summed E-state index contributed by atoms with van der Waals surface area (Å²) >= 11 is 0. The van der Waals surface area contributed by atoms with Gasteiger partial charge in [0.1, 0.15) is 24.6 Å². The summed E-state index contributed by atoms with van der Waals surface area (Å²) in [6.07, 6.45) is -0.327. The van der Waals surface area contributed by atoms with E-state index in [1.807, 2.05) is 24.3 Å². The number of aromatic hydroxyl groups is 1. The Morgan fingerprint density at radius 3 is 2.71 bits per heavy atom. The van der Waals surface area contributed by atoms with Gasteiger partial charge in [0.05, 0.1) is 25.6 Å². The van der Waals surface area contributed by atoms with Gasteiger partial charge in [-0.25, -0.2) is 15.0 Å². The van der Waals surface area contributed by atoms with Gasteiger partial charge in [0.15, 0.2) is 34.7 Å². The zero-order valence-corrected chi connectivity index (χ0v) is 22.0. The Hall–Kier alpha value is -4.78. The molecule has 12 nitrogen and oxygen atoms in total. The molecule has 1 saturated heterocycles. The topological polar surface area (TPSA) is 164 Å². The van der Waals surface area contributed by atoms with Crippen LogP contribution in [0.25, 0.3) is 21.9 Å². The van der Waals surface area contributed by atoms with Crippen LogP contribution < -0.4 is 15.4 Å². The summed E-state index contributed by atoms with van der Waals surface area (Å²) < 4.78 is 12.6. The van der Waals surface area contributed by atoms with Crippen LogP contribution in [-0.2, 0) is 11.3 Å². The summed E-state index contributed by atoms with van der Waals surface area (Å²) in [4.78, 5) is 26.4. The zero-order valence-electron chi connectivity index (χ0n) is 22.0. The highest BCUT2D eigenvalue weighted by Crippen LogP contribution is 2.34. The Morgan fingerprint density at radius 1 is 1.07 bits per heavy atom. The Bertz CT molecular complexity index is 1720. The maximum atomic E-state index is 13.2. The van der Waals surface area contributed by atoms with Gasteiger partial charge in [-0.3, -0.25) is 9.36 Å². The van der Waals surface area contributed by atoms with E-state index in [4.69, 9.17) is 9.47 Å². The van der Waals surface area contributed by atoms with E-state index in [0.29, 0.717) is 23.5 Å². The fraction of sp³-hybridized carbons (Fsp3) is 0.241. The number of aliphatic hydroxyl groups is 2. The molecular weight excluding hydrogens is 528 g/mol. The molecule has 0 unspecified atom stereocenters. The number of carbonyl (C=O) groups is 1. The predicted octanol–water partition coefficient (Wildman–Crippen LogP) is 2.35. The minimum Gasteiger partial charge on any atom is -0.504 e. The van der Waals surface area contributed by atoms with E-state index >= 15 is 0 Å². The van der Waals surface area contributed by atoms with Crippen LogP contribution in [0.5, 0.6) is 11.5 Å². The number of carbonyl (C=O) groups excluding carboxylic acids is 1. The fourth-order valence-electron chi connectivity index (χ4n) is 5.18. The Labute approximate surface area is 234 Å². The van der Waals surface area contributed by atoms with Crippen LogP contribution in [0, 0.1) is 0 Å². The third kappa shape index (κ3) is 4.78. The molecule has 5 N–H and O–H groups in total. The summed E-state index contributed by atoms with van der Waals surface area (Å²) in [6.45, 7) is 0.0160. The molecule has 0 radical (unpaired) electrons. The first-order valence-electron chi connectivity index (χ1n) is 13.0. The van der Waals surface area contributed by atoms with Crippen molar-refractivity contribution in [2.45, 2.75) is 31.0 Å². The van der Waals surface area contributed by atoms with Gasteiger partial charge in [-0.05, 0) is 28.5 Å². The minimum atomic E-state index is -1.26. The smallest absolute Gasteiger partial charge is 0.255 e. The highest BCUT2D eigenvalue weighted by molar-refractivity contribution is 5.98. The van der Waals surface area contributed by atoms with Gasteiger partial charge in [-0.1, -0.05) is 48.5 Å². The molecule has 1 amide bonds. The number of phenolic OH excluding ortho intramolecular Hbond substituents is 1. The molecule has 0 aliphatic carbocycles. The number of rotatable bonds is 8. The van der Waals surface area contributed by atoms with Crippen LogP contribution in [0.4, 0.5) is 5.82 Å². The molecule has 3 heterocycles. The van der Waals surface area contributed by atoms with E-state index in [9.17, 15) is 20.1 Å². The van der Waals surface area contributed by atoms with Crippen molar-refractivity contribution >= 4 is 33.7 Å². The number of aromatic nitrogens is 4. The standard InChI is InChI=1S/C29H28N6O6/c1-40-20-11-5-10-19(24(20)37)28(39)34-22-25(38)21(13-36)41-29(22)35-15-33-23-26(31-14-32-27(23)35)30-12-17-8-4-7-16-6-2-3-9-18(16)17/h2-11,14-15,21-22,25,29,36-38H,12-13H2,1H3,(H,34,39)(H,30,31,32)/t21-,22-,25-,29-/m1/s1. The van der Waals surface area contributed by atoms with Crippen LogP contribution in [-0.4, -0.2) is 72.7 Å². The molecule has 12 heteroatoms. The maximum absolute atomic E-state index is 13.2. The van der Waals surface area contributed by atoms with E-state index in [1.165, 1.54) is 31.9 Å². The average molecular weight is 557 g/mol. The molecule has 41 heavy (non-hydrogen) atoms. The predicted molar refractivity (Wildman–Crippen MR) is 150 cm³/mol. The average Bonchev–Trinajstić information content (AvgIpc) is 3.57. The largest absolute Gasteiger partial charge is 0.504 e. The number of methoxy groups -OCH3 is 1. The second-order valence-electron chi connectivity index (χ2n) is 9.63. The van der Waals surface area contributed by atoms with Crippen LogP contribution in [0.1, 0.15) is 22.1 Å². The second kappa shape index (κ2) is 11.0. The van der Waals surface area contributed by atoms with E-state index in [-0.39, 0.29) is 17.1 Å². The Kier molecular flexibility index (Phi) is 7.10. The van der Waals surface area contributed by atoms with Crippen molar-refractivity contribution in [1.29, 1.82) is 0 Å². The summed E-state index contributed by atoms with van der Waals surface area (Å²) in [6, 6.07) is 17.7. The number of nitrogens with zero attached hydrogens (tertiary/aromatic N) is 4. The Balaban J connectivity index is 1.29. The van der Waals surface area contributed by atoms with Crippen LogP contribution in [0.15, 0.2) is 73.3 Å². The quantitative estimate of drug-likeness (QED) is 0.192. The number of imidazole rings is 1. The maximum Gasteiger partial charge on any atom is 0.255 e. The third-order valence-electron chi connectivity index (χ3n) is 7.27. The van der Waals surface area contributed by atoms with E-state index in [1.54, 1.807) is 10.6 Å². The number of ether oxygens (including phenoxy) is 2. The van der Waals surface area contributed by atoms with Crippen molar-refractivity contribution in [3.63, 3.8) is 0 Å². The molecule has 1 aliphatic rings. The molecule has 4 atom stereocenters. The number of fused-ring (bicyclic) bond motifs is 2. The van der Waals surface area contributed by atoms with E-state index in [2.05, 4.69) is 43.8 Å². The van der Waals surface area contributed by atoms with Crippen LogP contribution in [0.3, 0.4) is 0 Å². The van der Waals surface area contributed by atoms with E-state index < -0.39 is 37.0 Å². The van der Waals surface area contributed by atoms with Crippen LogP contribution in [0.2, 0.25) is 0 Å². The molecule has 210 valence electrons. The molecule has 1 aliphatic heterocycles. The third-order valence-corrected chi connectivity index (χ3v) is 7.27. The molecule has 1 fully saturated rings. The fourth-order valence-corrected chi connectivity index (χ4v) is 5.18. The number of para-hydroxylation sites is 1. The summed E-state index contributed by atoms with van der Waals surface area (Å²) in [5, 5.41) is 39.6. The highest BCUT2D eigenvalue weighted by atomic mass is 16.5. The number of amides is 1. The zero-order chi connectivity index (χ0) is 28.5. The van der Waals surface area contributed by atoms with Crippen molar-refractivity contribution < 1.29 is 29.6 Å². The normalized spacial score (nSPS) is 20.4. The number of anilines is 1.